The van der Waals surface area contributed by atoms with Gasteiger partial charge in [-0.2, -0.15) is 0 Å². The van der Waals surface area contributed by atoms with E-state index >= 15 is 0 Å². The zero-order valence-corrected chi connectivity index (χ0v) is 16.5. The Balaban J connectivity index is 1.58. The maximum atomic E-state index is 12.5. The van der Waals surface area contributed by atoms with Gasteiger partial charge in [0.1, 0.15) is 0 Å². The molecule has 1 fully saturated rings. The number of carbonyl (C=O) groups is 3. The predicted octanol–water partition coefficient (Wildman–Crippen LogP) is 3.93. The molecule has 1 N–H and O–H groups in total. The fourth-order valence-electron chi connectivity index (χ4n) is 2.73. The molecule has 0 aliphatic heterocycles. The minimum absolute atomic E-state index is 0.0448. The molecule has 5 nitrogen and oxygen atoms in total. The molecule has 0 heterocycles. The van der Waals surface area contributed by atoms with Crippen LogP contribution in [0.5, 0.6) is 0 Å². The van der Waals surface area contributed by atoms with Gasteiger partial charge in [-0.05, 0) is 31.2 Å². The number of rotatable bonds is 9. The molecule has 0 spiro atoms. The summed E-state index contributed by atoms with van der Waals surface area (Å²) in [6, 6.07) is 16.4. The molecule has 1 aliphatic rings. The number of thioether (sulfide) groups is 1. The Morgan fingerprint density at radius 2 is 1.71 bits per heavy atom. The molecule has 146 valence electrons. The molecule has 0 saturated heterocycles. The maximum absolute atomic E-state index is 12.5. The summed E-state index contributed by atoms with van der Waals surface area (Å²) in [7, 11) is 0. The maximum Gasteiger partial charge on any atom is 0.307 e. The number of hydrogen-bond donors (Lipinski definition) is 1. The van der Waals surface area contributed by atoms with Crippen LogP contribution in [0.2, 0.25) is 0 Å². The second kappa shape index (κ2) is 9.55. The van der Waals surface area contributed by atoms with E-state index in [0.29, 0.717) is 11.1 Å². The average molecular weight is 397 g/mol. The zero-order chi connectivity index (χ0) is 19.9. The van der Waals surface area contributed by atoms with Crippen LogP contribution in [0, 0.1) is 0 Å². The van der Waals surface area contributed by atoms with Gasteiger partial charge in [0.25, 0.3) is 5.91 Å². The van der Waals surface area contributed by atoms with Crippen molar-refractivity contribution in [1.82, 2.24) is 5.32 Å². The highest BCUT2D eigenvalue weighted by Gasteiger charge is 2.30. The standard InChI is InChI=1S/C22H23NO4S/c1-28-18-11-7-15(8-12-18)19(24)13-14-20(25)27-21(16-5-3-2-4-6-16)22(26)23-17-9-10-17/h2-8,11-12,17,21H,9-10,13-14H2,1H3,(H,23,26)/t21-/m1/s1. The number of hydrogen-bond acceptors (Lipinski definition) is 5. The van der Waals surface area contributed by atoms with Crippen LogP contribution in [0.1, 0.15) is 47.7 Å². The fourth-order valence-corrected chi connectivity index (χ4v) is 3.14. The Kier molecular flexibility index (Phi) is 6.87. The molecule has 1 aliphatic carbocycles. The van der Waals surface area contributed by atoms with Crippen molar-refractivity contribution in [3.8, 4) is 0 Å². The van der Waals surface area contributed by atoms with E-state index in [1.807, 2.05) is 24.5 Å². The zero-order valence-electron chi connectivity index (χ0n) is 15.7. The van der Waals surface area contributed by atoms with Crippen molar-refractivity contribution >= 4 is 29.4 Å². The summed E-state index contributed by atoms with van der Waals surface area (Å²) in [5, 5.41) is 2.87. The third-order valence-corrected chi connectivity index (χ3v) is 5.23. The van der Waals surface area contributed by atoms with Gasteiger partial charge >= 0.3 is 5.97 Å². The van der Waals surface area contributed by atoms with Gasteiger partial charge in [-0.3, -0.25) is 14.4 Å². The van der Waals surface area contributed by atoms with Gasteiger partial charge in [0.15, 0.2) is 5.78 Å². The molecule has 0 unspecified atom stereocenters. The summed E-state index contributed by atoms with van der Waals surface area (Å²) in [4.78, 5) is 38.2. The summed E-state index contributed by atoms with van der Waals surface area (Å²) in [6.07, 6.45) is 2.85. The van der Waals surface area contributed by atoms with Gasteiger partial charge in [0, 0.05) is 28.5 Å². The first-order chi connectivity index (χ1) is 13.6. The third kappa shape index (κ3) is 5.70. The lowest BCUT2D eigenvalue weighted by atomic mass is 10.1. The molecule has 1 atom stereocenters. The Morgan fingerprint density at radius 1 is 1.04 bits per heavy atom. The largest absolute Gasteiger partial charge is 0.447 e. The Morgan fingerprint density at radius 3 is 2.32 bits per heavy atom. The summed E-state index contributed by atoms with van der Waals surface area (Å²) >= 11 is 1.60. The van der Waals surface area contributed by atoms with Crippen molar-refractivity contribution in [2.45, 2.75) is 42.7 Å². The highest BCUT2D eigenvalue weighted by atomic mass is 32.2. The van der Waals surface area contributed by atoms with E-state index in [-0.39, 0.29) is 30.6 Å². The quantitative estimate of drug-likeness (QED) is 0.394. The van der Waals surface area contributed by atoms with Crippen molar-refractivity contribution in [1.29, 1.82) is 0 Å². The number of ketones is 1. The number of nitrogens with one attached hydrogen (secondary N) is 1. The lowest BCUT2D eigenvalue weighted by Crippen LogP contribution is -2.33. The Labute approximate surface area is 168 Å². The molecule has 6 heteroatoms. The number of Topliss-reactive ketones (excluding diaryl/α,β-unsaturated/α-hetero) is 1. The minimum atomic E-state index is -0.995. The second-order valence-electron chi connectivity index (χ2n) is 6.72. The van der Waals surface area contributed by atoms with Gasteiger partial charge in [0.05, 0.1) is 6.42 Å². The first-order valence-electron chi connectivity index (χ1n) is 9.29. The highest BCUT2D eigenvalue weighted by Crippen LogP contribution is 2.24. The molecule has 0 radical (unpaired) electrons. The third-order valence-electron chi connectivity index (χ3n) is 4.48. The van der Waals surface area contributed by atoms with Gasteiger partial charge < -0.3 is 10.1 Å². The van der Waals surface area contributed by atoms with Crippen LogP contribution >= 0.6 is 11.8 Å². The average Bonchev–Trinajstić information content (AvgIpc) is 3.54. The Bertz CT molecular complexity index is 831. The first kappa shape index (κ1) is 20.1. The van der Waals surface area contributed by atoms with E-state index in [1.54, 1.807) is 48.2 Å². The number of esters is 1. The van der Waals surface area contributed by atoms with Crippen LogP contribution in [0.4, 0.5) is 0 Å². The van der Waals surface area contributed by atoms with Gasteiger partial charge in [-0.1, -0.05) is 42.5 Å². The van der Waals surface area contributed by atoms with Gasteiger partial charge in [-0.25, -0.2) is 0 Å². The summed E-state index contributed by atoms with van der Waals surface area (Å²) in [5.74, 6) is -1.00. The van der Waals surface area contributed by atoms with Crippen LogP contribution in [-0.2, 0) is 14.3 Å². The molecular weight excluding hydrogens is 374 g/mol. The monoisotopic (exact) mass is 397 g/mol. The van der Waals surface area contributed by atoms with E-state index < -0.39 is 12.1 Å². The van der Waals surface area contributed by atoms with E-state index in [4.69, 9.17) is 4.74 Å². The normalized spacial score (nSPS) is 14.2. The van der Waals surface area contributed by atoms with Crippen LogP contribution in [-0.4, -0.2) is 30.0 Å². The van der Waals surface area contributed by atoms with Gasteiger partial charge in [0.2, 0.25) is 6.10 Å². The lowest BCUT2D eigenvalue weighted by molar-refractivity contribution is -0.156. The number of amides is 1. The highest BCUT2D eigenvalue weighted by molar-refractivity contribution is 7.98. The van der Waals surface area contributed by atoms with Crippen molar-refractivity contribution in [3.05, 3.63) is 65.7 Å². The van der Waals surface area contributed by atoms with E-state index in [0.717, 1.165) is 17.7 Å². The predicted molar refractivity (Wildman–Crippen MR) is 108 cm³/mol. The fraction of sp³-hybridized carbons (Fsp3) is 0.318. The van der Waals surface area contributed by atoms with Crippen LogP contribution < -0.4 is 5.32 Å². The van der Waals surface area contributed by atoms with Crippen molar-refractivity contribution in [3.63, 3.8) is 0 Å². The molecule has 2 aromatic carbocycles. The van der Waals surface area contributed by atoms with E-state index in [9.17, 15) is 14.4 Å². The molecule has 1 saturated carbocycles. The lowest BCUT2D eigenvalue weighted by Gasteiger charge is -2.18. The molecule has 0 aromatic heterocycles. The minimum Gasteiger partial charge on any atom is -0.447 e. The van der Waals surface area contributed by atoms with E-state index in [2.05, 4.69) is 5.32 Å². The summed E-state index contributed by atoms with van der Waals surface area (Å²) < 4.78 is 5.44. The van der Waals surface area contributed by atoms with Crippen LogP contribution in [0.3, 0.4) is 0 Å². The number of carbonyl (C=O) groups excluding carboxylic acids is 3. The molecular formula is C22H23NO4S. The summed E-state index contributed by atoms with van der Waals surface area (Å²) in [6.45, 7) is 0. The van der Waals surface area contributed by atoms with E-state index in [1.165, 1.54) is 0 Å². The molecule has 2 aromatic rings. The van der Waals surface area contributed by atoms with Crippen LogP contribution in [0.25, 0.3) is 0 Å². The topological polar surface area (TPSA) is 72.5 Å². The van der Waals surface area contributed by atoms with Gasteiger partial charge in [-0.15, -0.1) is 11.8 Å². The Hall–Kier alpha value is -2.60. The summed E-state index contributed by atoms with van der Waals surface area (Å²) in [5.41, 5.74) is 1.18. The SMILES string of the molecule is CSc1ccc(C(=O)CCC(=O)O[C@@H](C(=O)NC2CC2)c2ccccc2)cc1. The first-order valence-corrected chi connectivity index (χ1v) is 10.5. The smallest absolute Gasteiger partial charge is 0.307 e. The molecule has 1 amide bonds. The van der Waals surface area contributed by atoms with Crippen LogP contribution in [0.15, 0.2) is 59.5 Å². The number of benzene rings is 2. The van der Waals surface area contributed by atoms with Crippen molar-refractivity contribution in [2.75, 3.05) is 6.26 Å². The second-order valence-corrected chi connectivity index (χ2v) is 7.59. The van der Waals surface area contributed by atoms with Crippen molar-refractivity contribution < 1.29 is 19.1 Å². The number of ether oxygens (including phenoxy) is 1. The van der Waals surface area contributed by atoms with Crippen molar-refractivity contribution in [2.24, 2.45) is 0 Å². The molecule has 3 rings (SSSR count). The molecule has 28 heavy (non-hydrogen) atoms. The molecule has 0 bridgehead atoms.